The molecule has 0 radical (unpaired) electrons. The number of aryl methyl sites for hydroxylation is 1. The summed E-state index contributed by atoms with van der Waals surface area (Å²) in [6.45, 7) is 2.07. The molecule has 130 valence electrons. The lowest BCUT2D eigenvalue weighted by molar-refractivity contribution is 0.894. The van der Waals surface area contributed by atoms with Crippen molar-refractivity contribution in [1.82, 2.24) is 19.7 Å². The zero-order chi connectivity index (χ0) is 18.2. The fourth-order valence-electron chi connectivity index (χ4n) is 3.22. The van der Waals surface area contributed by atoms with E-state index in [1.54, 1.807) is 12.5 Å². The molecule has 0 aliphatic rings. The van der Waals surface area contributed by atoms with Crippen molar-refractivity contribution in [2.75, 3.05) is 5.32 Å². The molecule has 27 heavy (non-hydrogen) atoms. The fourth-order valence-corrected chi connectivity index (χ4v) is 3.22. The highest BCUT2D eigenvalue weighted by Gasteiger charge is 2.11. The van der Waals surface area contributed by atoms with Crippen LogP contribution in [0, 0.1) is 6.92 Å². The molecule has 0 fully saturated rings. The predicted molar refractivity (Wildman–Crippen MR) is 109 cm³/mol. The van der Waals surface area contributed by atoms with E-state index in [1.165, 1.54) is 16.3 Å². The maximum atomic E-state index is 4.52. The monoisotopic (exact) mass is 351 g/mol. The minimum Gasteiger partial charge on any atom is -0.339 e. The van der Waals surface area contributed by atoms with Crippen molar-refractivity contribution < 1.29 is 0 Å². The second-order valence-corrected chi connectivity index (χ2v) is 6.54. The Kier molecular flexibility index (Phi) is 3.57. The molecule has 0 saturated heterocycles. The van der Waals surface area contributed by atoms with Gasteiger partial charge in [0.05, 0.1) is 17.3 Å². The largest absolute Gasteiger partial charge is 0.339 e. The minimum atomic E-state index is 0.744. The summed E-state index contributed by atoms with van der Waals surface area (Å²) in [6, 6.07) is 22.8. The molecular weight excluding hydrogens is 334 g/mol. The first-order valence-electron chi connectivity index (χ1n) is 8.79. The number of fused-ring (bicyclic) bond motifs is 2. The Morgan fingerprint density at radius 3 is 2.52 bits per heavy atom. The number of rotatable bonds is 3. The Morgan fingerprint density at radius 2 is 1.67 bits per heavy atom. The summed E-state index contributed by atoms with van der Waals surface area (Å²) in [6.07, 6.45) is 3.37. The highest BCUT2D eigenvalue weighted by molar-refractivity contribution is 5.91. The lowest BCUT2D eigenvalue weighted by atomic mass is 10.1. The zero-order valence-electron chi connectivity index (χ0n) is 14.8. The minimum absolute atomic E-state index is 0.744. The Bertz CT molecular complexity index is 1250. The van der Waals surface area contributed by atoms with Crippen LogP contribution in [-0.4, -0.2) is 19.7 Å². The highest BCUT2D eigenvalue weighted by Crippen LogP contribution is 2.26. The van der Waals surface area contributed by atoms with Crippen LogP contribution in [0.4, 0.5) is 11.5 Å². The van der Waals surface area contributed by atoms with Crippen LogP contribution in [-0.2, 0) is 0 Å². The van der Waals surface area contributed by atoms with Crippen LogP contribution in [0.1, 0.15) is 5.56 Å². The van der Waals surface area contributed by atoms with Gasteiger partial charge in [-0.2, -0.15) is 5.10 Å². The standard InChI is InChI=1S/C22H17N5/c1-15-6-10-19(11-7-15)27-22-20(13-25-27)21(23-14-24-22)26-18-9-8-16-4-2-3-5-17(16)12-18/h2-14H,1H3,(H,23,24,26). The molecule has 1 N–H and O–H groups in total. The van der Waals surface area contributed by atoms with Gasteiger partial charge in [0.15, 0.2) is 5.65 Å². The number of nitrogens with zero attached hydrogens (tertiary/aromatic N) is 4. The van der Waals surface area contributed by atoms with Crippen LogP contribution >= 0.6 is 0 Å². The number of aromatic nitrogens is 4. The first-order chi connectivity index (χ1) is 13.3. The third kappa shape index (κ3) is 2.79. The second kappa shape index (κ2) is 6.21. The zero-order valence-corrected chi connectivity index (χ0v) is 14.8. The van der Waals surface area contributed by atoms with Gasteiger partial charge in [-0.1, -0.05) is 48.0 Å². The Hall–Kier alpha value is -3.73. The molecule has 0 unspecified atom stereocenters. The molecule has 0 atom stereocenters. The second-order valence-electron chi connectivity index (χ2n) is 6.54. The van der Waals surface area contributed by atoms with Gasteiger partial charge in [-0.25, -0.2) is 14.6 Å². The van der Waals surface area contributed by atoms with Crippen molar-refractivity contribution in [2.24, 2.45) is 0 Å². The summed E-state index contributed by atoms with van der Waals surface area (Å²) < 4.78 is 1.84. The molecule has 5 heteroatoms. The molecule has 0 amide bonds. The van der Waals surface area contributed by atoms with E-state index in [0.717, 1.165) is 28.2 Å². The molecule has 2 heterocycles. The first kappa shape index (κ1) is 15.5. The Morgan fingerprint density at radius 1 is 0.852 bits per heavy atom. The summed E-state index contributed by atoms with van der Waals surface area (Å²) >= 11 is 0. The third-order valence-electron chi connectivity index (χ3n) is 4.66. The molecule has 5 rings (SSSR count). The smallest absolute Gasteiger partial charge is 0.168 e. The molecule has 0 aliphatic carbocycles. The molecule has 5 aromatic rings. The van der Waals surface area contributed by atoms with E-state index in [2.05, 4.69) is 69.8 Å². The lowest BCUT2D eigenvalue weighted by Crippen LogP contribution is -1.99. The van der Waals surface area contributed by atoms with Crippen LogP contribution in [0.5, 0.6) is 0 Å². The van der Waals surface area contributed by atoms with E-state index in [4.69, 9.17) is 0 Å². The van der Waals surface area contributed by atoms with Gasteiger partial charge in [0.2, 0.25) is 0 Å². The van der Waals surface area contributed by atoms with Crippen molar-refractivity contribution in [3.05, 3.63) is 84.8 Å². The summed E-state index contributed by atoms with van der Waals surface area (Å²) in [5.74, 6) is 0.744. The quantitative estimate of drug-likeness (QED) is 0.496. The summed E-state index contributed by atoms with van der Waals surface area (Å²) in [5, 5.41) is 11.2. The number of hydrogen-bond acceptors (Lipinski definition) is 4. The van der Waals surface area contributed by atoms with Gasteiger partial charge in [-0.3, -0.25) is 0 Å². The van der Waals surface area contributed by atoms with E-state index in [0.29, 0.717) is 0 Å². The van der Waals surface area contributed by atoms with E-state index in [1.807, 2.05) is 28.9 Å². The number of benzene rings is 3. The Labute approximate surface area is 156 Å². The Balaban J connectivity index is 1.56. The highest BCUT2D eigenvalue weighted by atomic mass is 15.3. The van der Waals surface area contributed by atoms with Gasteiger partial charge in [0.25, 0.3) is 0 Å². The van der Waals surface area contributed by atoms with Crippen molar-refractivity contribution >= 4 is 33.3 Å². The predicted octanol–water partition coefficient (Wildman–Crippen LogP) is 5.02. The van der Waals surface area contributed by atoms with Crippen LogP contribution in [0.2, 0.25) is 0 Å². The van der Waals surface area contributed by atoms with Crippen LogP contribution in [0.25, 0.3) is 27.5 Å². The normalized spacial score (nSPS) is 11.1. The summed E-state index contributed by atoms with van der Waals surface area (Å²) in [4.78, 5) is 8.87. The molecule has 3 aromatic carbocycles. The average Bonchev–Trinajstić information content (AvgIpc) is 3.14. The maximum Gasteiger partial charge on any atom is 0.168 e. The number of nitrogens with one attached hydrogen (secondary N) is 1. The number of hydrogen-bond donors (Lipinski definition) is 1. The summed E-state index contributed by atoms with van der Waals surface area (Å²) in [5.41, 5.74) is 3.95. The van der Waals surface area contributed by atoms with Gasteiger partial charge in [-0.15, -0.1) is 0 Å². The van der Waals surface area contributed by atoms with Crippen molar-refractivity contribution in [2.45, 2.75) is 6.92 Å². The van der Waals surface area contributed by atoms with Gasteiger partial charge in [0, 0.05) is 5.69 Å². The molecule has 5 nitrogen and oxygen atoms in total. The van der Waals surface area contributed by atoms with Crippen molar-refractivity contribution in [1.29, 1.82) is 0 Å². The van der Waals surface area contributed by atoms with E-state index in [-0.39, 0.29) is 0 Å². The van der Waals surface area contributed by atoms with E-state index >= 15 is 0 Å². The average molecular weight is 351 g/mol. The van der Waals surface area contributed by atoms with Gasteiger partial charge >= 0.3 is 0 Å². The van der Waals surface area contributed by atoms with Crippen molar-refractivity contribution in [3.8, 4) is 5.69 Å². The molecule has 0 spiro atoms. The number of anilines is 2. The van der Waals surface area contributed by atoms with Crippen LogP contribution in [0.3, 0.4) is 0 Å². The van der Waals surface area contributed by atoms with Gasteiger partial charge in [0.1, 0.15) is 12.1 Å². The lowest BCUT2D eigenvalue weighted by Gasteiger charge is -2.08. The van der Waals surface area contributed by atoms with Gasteiger partial charge < -0.3 is 5.32 Å². The SMILES string of the molecule is Cc1ccc(-n2ncc3c(Nc4ccc5ccccc5c4)ncnc32)cc1. The maximum absolute atomic E-state index is 4.52. The fraction of sp³-hybridized carbons (Fsp3) is 0.0455. The molecule has 0 bridgehead atoms. The van der Waals surface area contributed by atoms with Crippen LogP contribution in [0.15, 0.2) is 79.3 Å². The topological polar surface area (TPSA) is 55.6 Å². The van der Waals surface area contributed by atoms with Crippen molar-refractivity contribution in [3.63, 3.8) is 0 Å². The van der Waals surface area contributed by atoms with Gasteiger partial charge in [-0.05, 0) is 42.0 Å². The molecular formula is C22H17N5. The molecule has 2 aromatic heterocycles. The third-order valence-corrected chi connectivity index (χ3v) is 4.66. The van der Waals surface area contributed by atoms with E-state index in [9.17, 15) is 0 Å². The molecule has 0 saturated carbocycles. The van der Waals surface area contributed by atoms with E-state index < -0.39 is 0 Å². The summed E-state index contributed by atoms with van der Waals surface area (Å²) in [7, 11) is 0. The molecule has 0 aliphatic heterocycles. The van der Waals surface area contributed by atoms with Crippen LogP contribution < -0.4 is 5.32 Å². The first-order valence-corrected chi connectivity index (χ1v) is 8.79.